The van der Waals surface area contributed by atoms with Crippen LogP contribution in [0.15, 0.2) is 48.6 Å². The van der Waals surface area contributed by atoms with Crippen molar-refractivity contribution in [1.29, 1.82) is 0 Å². The monoisotopic (exact) mass is 978 g/mol. The molecule has 0 aromatic rings. The molecule has 0 rings (SSSR count). The Balaban J connectivity index is 4.20. The summed E-state index contributed by atoms with van der Waals surface area (Å²) >= 11 is 0. The molecule has 0 aromatic heterocycles. The highest BCUT2D eigenvalue weighted by atomic mass is 31.2. The highest BCUT2D eigenvalue weighted by molar-refractivity contribution is 7.47. The molecule has 0 aromatic carbocycles. The number of nitrogens with zero attached hydrogens (tertiary/aromatic N) is 1. The van der Waals surface area contributed by atoms with E-state index in [0.717, 1.165) is 44.9 Å². The Kier molecular flexibility index (Phi) is 49.3. The predicted molar refractivity (Wildman–Crippen MR) is 295 cm³/mol. The Bertz CT molecular complexity index is 1250. The summed E-state index contributed by atoms with van der Waals surface area (Å²) in [7, 11) is 1.55. The van der Waals surface area contributed by atoms with Crippen molar-refractivity contribution < 1.29 is 32.9 Å². The Labute approximate surface area is 422 Å². The number of allylic oxidation sites excluding steroid dienone is 7. The number of aliphatic hydroxyl groups excluding tert-OH is 1. The minimum Gasteiger partial charge on any atom is -0.387 e. The van der Waals surface area contributed by atoms with Crippen molar-refractivity contribution in [3.8, 4) is 0 Å². The number of rotatable bonds is 53. The zero-order chi connectivity index (χ0) is 49.9. The fourth-order valence-corrected chi connectivity index (χ4v) is 9.16. The highest BCUT2D eigenvalue weighted by Crippen LogP contribution is 2.43. The predicted octanol–water partition coefficient (Wildman–Crippen LogP) is 17.5. The normalized spacial score (nSPS) is 14.3. The van der Waals surface area contributed by atoms with E-state index < -0.39 is 20.0 Å². The largest absolute Gasteiger partial charge is 0.472 e. The number of carbonyl (C=O) groups is 1. The molecule has 0 saturated heterocycles. The Morgan fingerprint density at radius 2 is 0.809 bits per heavy atom. The molecule has 0 saturated carbocycles. The molecular weight excluding hydrogens is 864 g/mol. The maximum absolute atomic E-state index is 13.0. The molecule has 3 atom stereocenters. The van der Waals surface area contributed by atoms with Crippen molar-refractivity contribution in [2.45, 2.75) is 283 Å². The van der Waals surface area contributed by atoms with Crippen molar-refractivity contribution >= 4 is 13.7 Å². The molecule has 9 heteroatoms. The van der Waals surface area contributed by atoms with Gasteiger partial charge in [0, 0.05) is 6.42 Å². The van der Waals surface area contributed by atoms with Crippen LogP contribution >= 0.6 is 7.82 Å². The number of unbranched alkanes of at least 4 members (excludes halogenated alkanes) is 34. The number of carbonyl (C=O) groups excluding carboxylic acids is 1. The third-order valence-electron chi connectivity index (χ3n) is 13.0. The standard InChI is InChI=1S/C59H113N2O6P/c1-6-8-10-12-14-16-18-20-22-24-26-27-28-29-30-31-32-33-34-35-37-39-41-43-45-47-49-51-53-59(63)60-57(56-67-68(64,65)66-55-54-61(3,4)5)58(62)52-50-48-46-44-42-40-38-36-25-23-21-19-17-15-13-11-9-7-2/h25,29-30,36,42,44,50,52,57-58,62H,6-24,26-28,31-35,37-41,43,45-49,51,53-56H2,1-5H3,(H-,60,63,64,65)/p+1/b30-29-,36-25+,44-42+,52-50+. The topological polar surface area (TPSA) is 105 Å². The minimum absolute atomic E-state index is 0.0533. The van der Waals surface area contributed by atoms with Crippen molar-refractivity contribution in [2.24, 2.45) is 0 Å². The molecule has 3 unspecified atom stereocenters. The van der Waals surface area contributed by atoms with E-state index in [9.17, 15) is 19.4 Å². The second kappa shape index (κ2) is 50.4. The molecule has 0 aliphatic rings. The number of phosphoric ester groups is 1. The number of hydrogen-bond donors (Lipinski definition) is 3. The van der Waals surface area contributed by atoms with Gasteiger partial charge in [0.25, 0.3) is 0 Å². The maximum Gasteiger partial charge on any atom is 0.472 e. The minimum atomic E-state index is -4.36. The molecule has 400 valence electrons. The molecule has 0 fully saturated rings. The fraction of sp³-hybridized carbons (Fsp3) is 0.847. The molecule has 0 spiro atoms. The second-order valence-corrected chi connectivity index (χ2v) is 22.4. The van der Waals surface area contributed by atoms with Crippen LogP contribution in [-0.2, 0) is 18.4 Å². The van der Waals surface area contributed by atoms with Crippen LogP contribution in [0.2, 0.25) is 0 Å². The Morgan fingerprint density at radius 3 is 1.18 bits per heavy atom. The SMILES string of the molecule is CCCCCCCCCC/C=C/CC/C=C/CC/C=C/C(O)C(COP(=O)(O)OCC[N+](C)(C)C)NC(=O)CCCCCCCCCCCCCC/C=C\CCCCCCCCCCCCCC. The van der Waals surface area contributed by atoms with Gasteiger partial charge >= 0.3 is 7.82 Å². The van der Waals surface area contributed by atoms with E-state index in [0.29, 0.717) is 17.4 Å². The number of amides is 1. The van der Waals surface area contributed by atoms with Gasteiger partial charge in [-0.15, -0.1) is 0 Å². The first-order valence-corrected chi connectivity index (χ1v) is 30.5. The van der Waals surface area contributed by atoms with Crippen LogP contribution in [0.1, 0.15) is 271 Å². The highest BCUT2D eigenvalue weighted by Gasteiger charge is 2.27. The van der Waals surface area contributed by atoms with Gasteiger partial charge in [-0.1, -0.05) is 242 Å². The molecule has 68 heavy (non-hydrogen) atoms. The number of phosphoric acid groups is 1. The van der Waals surface area contributed by atoms with Gasteiger partial charge in [0.2, 0.25) is 5.91 Å². The average Bonchev–Trinajstić information content (AvgIpc) is 3.30. The van der Waals surface area contributed by atoms with E-state index in [2.05, 4.69) is 55.6 Å². The van der Waals surface area contributed by atoms with Crippen molar-refractivity contribution in [3.63, 3.8) is 0 Å². The van der Waals surface area contributed by atoms with E-state index in [1.54, 1.807) is 6.08 Å². The van der Waals surface area contributed by atoms with Crippen LogP contribution in [0.5, 0.6) is 0 Å². The van der Waals surface area contributed by atoms with Gasteiger partial charge < -0.3 is 19.8 Å². The zero-order valence-electron chi connectivity index (χ0n) is 45.6. The summed E-state index contributed by atoms with van der Waals surface area (Å²) in [6, 6.07) is -0.870. The molecule has 0 aliphatic carbocycles. The number of quaternary nitrogens is 1. The van der Waals surface area contributed by atoms with Crippen LogP contribution < -0.4 is 5.32 Å². The Morgan fingerprint density at radius 1 is 0.485 bits per heavy atom. The summed E-state index contributed by atoms with van der Waals surface area (Å²) in [5, 5.41) is 13.9. The van der Waals surface area contributed by atoms with Gasteiger partial charge in [-0.3, -0.25) is 13.8 Å². The quantitative estimate of drug-likeness (QED) is 0.0243. The average molecular weight is 979 g/mol. The smallest absolute Gasteiger partial charge is 0.387 e. The molecule has 3 N–H and O–H groups in total. The van der Waals surface area contributed by atoms with E-state index in [4.69, 9.17) is 9.05 Å². The Hall–Kier alpha value is -1.54. The summed E-state index contributed by atoms with van der Waals surface area (Å²) in [5.41, 5.74) is 0. The third-order valence-corrected chi connectivity index (χ3v) is 14.0. The van der Waals surface area contributed by atoms with Crippen molar-refractivity contribution in [2.75, 3.05) is 40.9 Å². The lowest BCUT2D eigenvalue weighted by Crippen LogP contribution is -2.45. The molecule has 8 nitrogen and oxygen atoms in total. The molecule has 1 amide bonds. The lowest BCUT2D eigenvalue weighted by molar-refractivity contribution is -0.870. The van der Waals surface area contributed by atoms with Gasteiger partial charge in [0.05, 0.1) is 39.9 Å². The van der Waals surface area contributed by atoms with Crippen molar-refractivity contribution in [3.05, 3.63) is 48.6 Å². The number of hydrogen-bond acceptors (Lipinski definition) is 5. The summed E-state index contributed by atoms with van der Waals surface area (Å²) in [5.74, 6) is -0.189. The van der Waals surface area contributed by atoms with E-state index in [-0.39, 0.29) is 19.1 Å². The zero-order valence-corrected chi connectivity index (χ0v) is 46.5. The van der Waals surface area contributed by atoms with Gasteiger partial charge in [-0.2, -0.15) is 0 Å². The van der Waals surface area contributed by atoms with Crippen LogP contribution in [0.4, 0.5) is 0 Å². The molecular formula is C59H114N2O6P+. The maximum atomic E-state index is 13.0. The van der Waals surface area contributed by atoms with Crippen LogP contribution in [-0.4, -0.2) is 73.4 Å². The summed E-state index contributed by atoms with van der Waals surface area (Å²) in [4.78, 5) is 23.3. The third kappa shape index (κ3) is 52.3. The summed E-state index contributed by atoms with van der Waals surface area (Å²) in [6.45, 7) is 4.81. The van der Waals surface area contributed by atoms with E-state index in [1.807, 2.05) is 27.2 Å². The summed E-state index contributed by atoms with van der Waals surface area (Å²) in [6.07, 6.45) is 66.5. The molecule has 0 heterocycles. The van der Waals surface area contributed by atoms with Crippen LogP contribution in [0, 0.1) is 0 Å². The molecule has 0 radical (unpaired) electrons. The summed E-state index contributed by atoms with van der Waals surface area (Å²) < 4.78 is 23.7. The van der Waals surface area contributed by atoms with Crippen LogP contribution in [0.25, 0.3) is 0 Å². The number of likely N-dealkylation sites (N-methyl/N-ethyl adjacent to an activating group) is 1. The van der Waals surface area contributed by atoms with Gasteiger partial charge in [0.1, 0.15) is 13.2 Å². The number of nitrogens with one attached hydrogen (secondary N) is 1. The van der Waals surface area contributed by atoms with Gasteiger partial charge in [0.15, 0.2) is 0 Å². The van der Waals surface area contributed by atoms with Gasteiger partial charge in [-0.05, 0) is 70.6 Å². The van der Waals surface area contributed by atoms with Gasteiger partial charge in [-0.25, -0.2) is 4.57 Å². The first-order valence-electron chi connectivity index (χ1n) is 29.0. The first-order chi connectivity index (χ1) is 33.0. The second-order valence-electron chi connectivity index (χ2n) is 21.0. The van der Waals surface area contributed by atoms with Crippen molar-refractivity contribution in [1.82, 2.24) is 5.32 Å². The van der Waals surface area contributed by atoms with E-state index >= 15 is 0 Å². The fourth-order valence-electron chi connectivity index (χ4n) is 8.42. The van der Waals surface area contributed by atoms with E-state index in [1.165, 1.54) is 205 Å². The number of aliphatic hydroxyl groups is 1. The lowest BCUT2D eigenvalue weighted by Gasteiger charge is -2.25. The lowest BCUT2D eigenvalue weighted by atomic mass is 10.0. The molecule has 0 bridgehead atoms. The van der Waals surface area contributed by atoms with Crippen LogP contribution in [0.3, 0.4) is 0 Å². The molecule has 0 aliphatic heterocycles. The first kappa shape index (κ1) is 66.5.